The van der Waals surface area contributed by atoms with E-state index in [9.17, 15) is 4.79 Å². The summed E-state index contributed by atoms with van der Waals surface area (Å²) < 4.78 is 1.69. The molecule has 0 saturated heterocycles. The van der Waals surface area contributed by atoms with Crippen molar-refractivity contribution >= 4 is 5.91 Å². The van der Waals surface area contributed by atoms with Gasteiger partial charge < -0.3 is 4.90 Å². The summed E-state index contributed by atoms with van der Waals surface area (Å²) in [4.78, 5) is 15.9. The molecule has 2 rings (SSSR count). The van der Waals surface area contributed by atoms with Crippen molar-refractivity contribution in [2.45, 2.75) is 20.4 Å². The summed E-state index contributed by atoms with van der Waals surface area (Å²) in [6.45, 7) is 6.28. The van der Waals surface area contributed by atoms with E-state index in [0.717, 1.165) is 18.8 Å². The van der Waals surface area contributed by atoms with Crippen LogP contribution in [0.3, 0.4) is 0 Å². The molecule has 1 heterocycles. The molecule has 7 heteroatoms. The van der Waals surface area contributed by atoms with Gasteiger partial charge >= 0.3 is 0 Å². The number of hydrogen-bond acceptors (Lipinski definition) is 5. The molecule has 0 spiro atoms. The maximum absolute atomic E-state index is 12.1. The van der Waals surface area contributed by atoms with Gasteiger partial charge in [0, 0.05) is 13.1 Å². The fourth-order valence-corrected chi connectivity index (χ4v) is 2.28. The quantitative estimate of drug-likeness (QED) is 0.762. The Kier molecular flexibility index (Phi) is 5.60. The van der Waals surface area contributed by atoms with Gasteiger partial charge in [0.15, 0.2) is 5.82 Å². The van der Waals surface area contributed by atoms with E-state index in [1.54, 1.807) is 4.68 Å². The van der Waals surface area contributed by atoms with Crippen molar-refractivity contribution in [1.82, 2.24) is 30.0 Å². The third-order valence-corrected chi connectivity index (χ3v) is 3.47. The predicted octanol–water partition coefficient (Wildman–Crippen LogP) is 0.962. The number of rotatable bonds is 7. The summed E-state index contributed by atoms with van der Waals surface area (Å²) in [6.07, 6.45) is 0. The van der Waals surface area contributed by atoms with Gasteiger partial charge in [-0.1, -0.05) is 18.2 Å². The zero-order valence-corrected chi connectivity index (χ0v) is 13.3. The molecule has 0 radical (unpaired) electrons. The van der Waals surface area contributed by atoms with Crippen molar-refractivity contribution in [2.24, 2.45) is 0 Å². The summed E-state index contributed by atoms with van der Waals surface area (Å²) in [7, 11) is 1.89. The number of nitrogens with zero attached hydrogens (tertiary/aromatic N) is 6. The topological polar surface area (TPSA) is 67.2 Å². The minimum atomic E-state index is 0.117. The molecule has 2 aromatic rings. The van der Waals surface area contributed by atoms with Crippen molar-refractivity contribution in [3.63, 3.8) is 0 Å². The number of aromatic nitrogens is 4. The first-order valence-corrected chi connectivity index (χ1v) is 7.44. The van der Waals surface area contributed by atoms with E-state index >= 15 is 0 Å². The number of carbonyl (C=O) groups excluding carboxylic acids is 1. The van der Waals surface area contributed by atoms with Gasteiger partial charge in [-0.25, -0.2) is 0 Å². The lowest BCUT2D eigenvalue weighted by Crippen LogP contribution is -2.38. The summed E-state index contributed by atoms with van der Waals surface area (Å²) in [5.41, 5.74) is 0.908. The Bertz CT molecular complexity index is 593. The van der Waals surface area contributed by atoms with Gasteiger partial charge in [-0.05, 0) is 43.5 Å². The van der Waals surface area contributed by atoms with Gasteiger partial charge in [0.2, 0.25) is 5.91 Å². The van der Waals surface area contributed by atoms with Crippen LogP contribution >= 0.6 is 0 Å². The largest absolute Gasteiger partial charge is 0.342 e. The predicted molar refractivity (Wildman–Crippen MR) is 83.4 cm³/mol. The van der Waals surface area contributed by atoms with Crippen LogP contribution in [0.15, 0.2) is 30.3 Å². The zero-order valence-electron chi connectivity index (χ0n) is 13.3. The minimum Gasteiger partial charge on any atom is -0.342 e. The Hall–Kier alpha value is -2.28. The molecule has 0 aliphatic heterocycles. The summed E-state index contributed by atoms with van der Waals surface area (Å²) in [6, 6.07) is 9.72. The lowest BCUT2D eigenvalue weighted by atomic mass is 10.3. The number of benzene rings is 1. The van der Waals surface area contributed by atoms with Crippen LogP contribution in [0.4, 0.5) is 0 Å². The first kappa shape index (κ1) is 16.1. The van der Waals surface area contributed by atoms with Crippen LogP contribution in [0, 0.1) is 0 Å². The van der Waals surface area contributed by atoms with Gasteiger partial charge in [0.25, 0.3) is 0 Å². The highest BCUT2D eigenvalue weighted by atomic mass is 16.2. The molecule has 22 heavy (non-hydrogen) atoms. The highest BCUT2D eigenvalue weighted by molar-refractivity contribution is 5.78. The fourth-order valence-electron chi connectivity index (χ4n) is 2.28. The number of tetrazole rings is 1. The van der Waals surface area contributed by atoms with Crippen molar-refractivity contribution in [3.05, 3.63) is 36.2 Å². The molecule has 0 aliphatic rings. The van der Waals surface area contributed by atoms with Crippen molar-refractivity contribution in [3.8, 4) is 5.69 Å². The second-order valence-electron chi connectivity index (χ2n) is 5.08. The van der Waals surface area contributed by atoms with Crippen LogP contribution in [-0.2, 0) is 11.3 Å². The molecule has 1 aromatic heterocycles. The number of amides is 1. The van der Waals surface area contributed by atoms with Crippen LogP contribution in [0.2, 0.25) is 0 Å². The van der Waals surface area contributed by atoms with Crippen LogP contribution < -0.4 is 0 Å². The van der Waals surface area contributed by atoms with Crippen LogP contribution in [0.5, 0.6) is 0 Å². The van der Waals surface area contributed by atoms with E-state index in [1.807, 2.05) is 61.0 Å². The summed E-state index contributed by atoms with van der Waals surface area (Å²) in [5.74, 6) is 0.826. The van der Waals surface area contributed by atoms with Crippen molar-refractivity contribution in [1.29, 1.82) is 0 Å². The zero-order chi connectivity index (χ0) is 15.9. The minimum absolute atomic E-state index is 0.117. The maximum atomic E-state index is 12.1. The van der Waals surface area contributed by atoms with Gasteiger partial charge in [-0.3, -0.25) is 9.69 Å². The number of carbonyl (C=O) groups is 1. The highest BCUT2D eigenvalue weighted by Gasteiger charge is 2.15. The third kappa shape index (κ3) is 3.88. The van der Waals surface area contributed by atoms with Gasteiger partial charge in [0.05, 0.1) is 18.8 Å². The molecular formula is C15H22N6O. The summed E-state index contributed by atoms with van der Waals surface area (Å²) >= 11 is 0. The Morgan fingerprint density at radius 3 is 2.50 bits per heavy atom. The normalized spacial score (nSPS) is 10.9. The van der Waals surface area contributed by atoms with Gasteiger partial charge in [-0.2, -0.15) is 4.68 Å². The Labute approximate surface area is 130 Å². The molecule has 0 aliphatic carbocycles. The molecule has 0 fully saturated rings. The van der Waals surface area contributed by atoms with E-state index in [2.05, 4.69) is 15.5 Å². The lowest BCUT2D eigenvalue weighted by molar-refractivity contribution is -0.131. The standard InChI is InChI=1S/C15H22N6O/c1-4-20(5-2)15(22)12-19(3)11-14-16-17-18-21(14)13-9-7-6-8-10-13/h6-10H,4-5,11-12H2,1-3H3. The smallest absolute Gasteiger partial charge is 0.236 e. The van der Waals surface area contributed by atoms with E-state index in [-0.39, 0.29) is 5.91 Å². The molecule has 0 N–H and O–H groups in total. The lowest BCUT2D eigenvalue weighted by Gasteiger charge is -2.22. The first-order valence-electron chi connectivity index (χ1n) is 7.44. The molecule has 118 valence electrons. The average molecular weight is 302 g/mol. The monoisotopic (exact) mass is 302 g/mol. The highest BCUT2D eigenvalue weighted by Crippen LogP contribution is 2.08. The number of likely N-dealkylation sites (N-methyl/N-ethyl adjacent to an activating group) is 2. The maximum Gasteiger partial charge on any atom is 0.236 e. The molecule has 0 saturated carbocycles. The first-order chi connectivity index (χ1) is 10.7. The molecule has 1 amide bonds. The van der Waals surface area contributed by atoms with Crippen LogP contribution in [0.25, 0.3) is 5.69 Å². The number of para-hydroxylation sites is 1. The molecule has 0 atom stereocenters. The Balaban J connectivity index is 2.03. The Morgan fingerprint density at radius 2 is 1.86 bits per heavy atom. The summed E-state index contributed by atoms with van der Waals surface area (Å²) in [5, 5.41) is 11.8. The number of hydrogen-bond donors (Lipinski definition) is 0. The van der Waals surface area contributed by atoms with E-state index in [0.29, 0.717) is 18.9 Å². The third-order valence-electron chi connectivity index (χ3n) is 3.47. The van der Waals surface area contributed by atoms with Gasteiger partial charge in [0.1, 0.15) is 0 Å². The van der Waals surface area contributed by atoms with Crippen LogP contribution in [0.1, 0.15) is 19.7 Å². The molecule has 7 nitrogen and oxygen atoms in total. The Morgan fingerprint density at radius 1 is 1.18 bits per heavy atom. The fraction of sp³-hybridized carbons (Fsp3) is 0.467. The average Bonchev–Trinajstić information content (AvgIpc) is 2.97. The molecule has 1 aromatic carbocycles. The van der Waals surface area contributed by atoms with Crippen molar-refractivity contribution in [2.75, 3.05) is 26.7 Å². The molecule has 0 unspecified atom stereocenters. The SMILES string of the molecule is CCN(CC)C(=O)CN(C)Cc1nnnn1-c1ccccc1. The van der Waals surface area contributed by atoms with E-state index < -0.39 is 0 Å². The van der Waals surface area contributed by atoms with Gasteiger partial charge in [-0.15, -0.1) is 5.10 Å². The van der Waals surface area contributed by atoms with E-state index in [1.165, 1.54) is 0 Å². The van der Waals surface area contributed by atoms with Crippen molar-refractivity contribution < 1.29 is 4.79 Å². The van der Waals surface area contributed by atoms with Crippen LogP contribution in [-0.4, -0.2) is 62.6 Å². The van der Waals surface area contributed by atoms with E-state index in [4.69, 9.17) is 0 Å². The molecule has 0 bridgehead atoms. The molecular weight excluding hydrogens is 280 g/mol. The second kappa shape index (κ2) is 7.65. The second-order valence-corrected chi connectivity index (χ2v) is 5.08.